The molecule has 0 aliphatic carbocycles. The monoisotopic (exact) mass is 433 g/mol. The van der Waals surface area contributed by atoms with Gasteiger partial charge in [-0.3, -0.25) is 0 Å². The van der Waals surface area contributed by atoms with Crippen molar-refractivity contribution < 1.29 is 22.7 Å². The summed E-state index contributed by atoms with van der Waals surface area (Å²) in [5.74, 6) is 0.966. The molecule has 0 bridgehead atoms. The first-order valence-electron chi connectivity index (χ1n) is 9.38. The molecule has 9 nitrogen and oxygen atoms in total. The van der Waals surface area contributed by atoms with Gasteiger partial charge in [-0.1, -0.05) is 0 Å². The lowest BCUT2D eigenvalue weighted by atomic mass is 10.3. The molecule has 0 unspecified atom stereocenters. The molecule has 0 saturated carbocycles. The Balaban J connectivity index is 1.29. The fourth-order valence-corrected chi connectivity index (χ4v) is 3.09. The lowest BCUT2D eigenvalue weighted by Crippen LogP contribution is -2.50. The second-order valence-corrected chi connectivity index (χ2v) is 6.68. The summed E-state index contributed by atoms with van der Waals surface area (Å²) in [6, 6.07) is 10.1. The minimum absolute atomic E-state index is 0.329. The minimum Gasteiger partial charge on any atom is -0.406 e. The maximum Gasteiger partial charge on any atom is 0.573 e. The Labute approximate surface area is 175 Å². The zero-order valence-electron chi connectivity index (χ0n) is 16.2. The molecule has 3 aromatic rings. The molecule has 0 atom stereocenters. The number of rotatable bonds is 4. The second-order valence-electron chi connectivity index (χ2n) is 6.68. The van der Waals surface area contributed by atoms with E-state index >= 15 is 0 Å². The third-order valence-electron chi connectivity index (χ3n) is 4.61. The van der Waals surface area contributed by atoms with Crippen molar-refractivity contribution >= 4 is 17.5 Å². The normalized spacial score (nSPS) is 14.4. The number of hydrogen-bond acceptors (Lipinski definition) is 6. The Hall–Kier alpha value is -3.83. The van der Waals surface area contributed by atoms with Crippen LogP contribution in [-0.4, -0.2) is 63.5 Å². The van der Waals surface area contributed by atoms with E-state index in [0.717, 1.165) is 12.1 Å². The highest BCUT2D eigenvalue weighted by Crippen LogP contribution is 2.24. The number of ether oxygens (including phenoxy) is 1. The van der Waals surface area contributed by atoms with Crippen LogP contribution in [0.1, 0.15) is 0 Å². The maximum atomic E-state index is 12.4. The highest BCUT2D eigenvalue weighted by molar-refractivity contribution is 5.89. The van der Waals surface area contributed by atoms with E-state index in [1.807, 2.05) is 17.0 Å². The molecule has 162 valence electrons. The lowest BCUT2D eigenvalue weighted by molar-refractivity contribution is -0.274. The molecule has 4 rings (SSSR count). The summed E-state index contributed by atoms with van der Waals surface area (Å²) in [6.07, 6.45) is -1.32. The van der Waals surface area contributed by atoms with Crippen LogP contribution in [0.5, 0.6) is 5.75 Å². The van der Waals surface area contributed by atoms with E-state index < -0.39 is 6.36 Å². The van der Waals surface area contributed by atoms with Crippen molar-refractivity contribution in [3.05, 3.63) is 54.9 Å². The van der Waals surface area contributed by atoms with E-state index in [1.165, 1.54) is 12.1 Å². The number of urea groups is 1. The highest BCUT2D eigenvalue weighted by atomic mass is 19.4. The third kappa shape index (κ3) is 5.21. The SMILES string of the molecule is O=C(Nc1ccc(OC(F)(F)F)cc1)N1CCN(c2ccc(-n3cccn3)nn2)CC1. The lowest BCUT2D eigenvalue weighted by Gasteiger charge is -2.35. The van der Waals surface area contributed by atoms with Gasteiger partial charge in [0.1, 0.15) is 5.75 Å². The summed E-state index contributed by atoms with van der Waals surface area (Å²) in [7, 11) is 0. The van der Waals surface area contributed by atoms with Gasteiger partial charge in [-0.2, -0.15) is 5.10 Å². The first kappa shape index (κ1) is 20.4. The van der Waals surface area contributed by atoms with Crippen LogP contribution in [0.4, 0.5) is 29.5 Å². The van der Waals surface area contributed by atoms with Crippen molar-refractivity contribution in [2.45, 2.75) is 6.36 Å². The molecule has 1 saturated heterocycles. The summed E-state index contributed by atoms with van der Waals surface area (Å²) in [6.45, 7) is 2.07. The zero-order valence-corrected chi connectivity index (χ0v) is 16.2. The van der Waals surface area contributed by atoms with Crippen LogP contribution < -0.4 is 15.0 Å². The maximum absolute atomic E-state index is 12.4. The average molecular weight is 433 g/mol. The van der Waals surface area contributed by atoms with Gasteiger partial charge < -0.3 is 19.9 Å². The first-order valence-corrected chi connectivity index (χ1v) is 9.38. The van der Waals surface area contributed by atoms with Crippen molar-refractivity contribution in [3.63, 3.8) is 0 Å². The molecule has 2 aromatic heterocycles. The van der Waals surface area contributed by atoms with Crippen LogP contribution in [0.2, 0.25) is 0 Å². The largest absolute Gasteiger partial charge is 0.573 e. The number of carbonyl (C=O) groups excluding carboxylic acids is 1. The molecular formula is C19H18F3N7O2. The van der Waals surface area contributed by atoms with Crippen LogP contribution in [0.3, 0.4) is 0 Å². The number of alkyl halides is 3. The van der Waals surface area contributed by atoms with Gasteiger partial charge in [0.05, 0.1) is 0 Å². The quantitative estimate of drug-likeness (QED) is 0.681. The van der Waals surface area contributed by atoms with Gasteiger partial charge >= 0.3 is 12.4 Å². The fraction of sp³-hybridized carbons (Fsp3) is 0.263. The molecule has 0 radical (unpaired) electrons. The van der Waals surface area contributed by atoms with Crippen molar-refractivity contribution in [3.8, 4) is 11.6 Å². The van der Waals surface area contributed by atoms with Gasteiger partial charge in [-0.05, 0) is 42.5 Å². The molecule has 3 heterocycles. The average Bonchev–Trinajstić information content (AvgIpc) is 3.29. The Morgan fingerprint density at radius 2 is 1.65 bits per heavy atom. The number of hydrogen-bond donors (Lipinski definition) is 1. The molecule has 1 aliphatic heterocycles. The predicted octanol–water partition coefficient (Wildman–Crippen LogP) is 2.92. The van der Waals surface area contributed by atoms with Crippen LogP contribution in [0, 0.1) is 0 Å². The fourth-order valence-electron chi connectivity index (χ4n) is 3.09. The van der Waals surface area contributed by atoms with E-state index in [-0.39, 0.29) is 11.8 Å². The molecule has 12 heteroatoms. The Morgan fingerprint density at radius 1 is 0.968 bits per heavy atom. The van der Waals surface area contributed by atoms with Gasteiger partial charge in [-0.25, -0.2) is 9.48 Å². The van der Waals surface area contributed by atoms with E-state index in [9.17, 15) is 18.0 Å². The van der Waals surface area contributed by atoms with Gasteiger partial charge in [0.25, 0.3) is 0 Å². The Kier molecular flexibility index (Phi) is 5.60. The third-order valence-corrected chi connectivity index (χ3v) is 4.61. The molecule has 1 aromatic carbocycles. The zero-order chi connectivity index (χ0) is 21.8. The Bertz CT molecular complexity index is 1000. The summed E-state index contributed by atoms with van der Waals surface area (Å²) in [5.41, 5.74) is 0.377. The summed E-state index contributed by atoms with van der Waals surface area (Å²) in [4.78, 5) is 16.1. The molecule has 2 amide bonds. The highest BCUT2D eigenvalue weighted by Gasteiger charge is 2.31. The van der Waals surface area contributed by atoms with Gasteiger partial charge in [0.2, 0.25) is 0 Å². The smallest absolute Gasteiger partial charge is 0.406 e. The van der Waals surface area contributed by atoms with Crippen molar-refractivity contribution in [2.24, 2.45) is 0 Å². The number of anilines is 2. The number of amides is 2. The molecule has 1 N–H and O–H groups in total. The van der Waals surface area contributed by atoms with Crippen LogP contribution in [0.15, 0.2) is 54.9 Å². The summed E-state index contributed by atoms with van der Waals surface area (Å²) in [5, 5.41) is 15.2. The number of benzene rings is 1. The summed E-state index contributed by atoms with van der Waals surface area (Å²) < 4.78 is 42.1. The van der Waals surface area contributed by atoms with E-state index in [0.29, 0.717) is 43.5 Å². The van der Waals surface area contributed by atoms with Crippen molar-refractivity contribution in [1.82, 2.24) is 24.9 Å². The van der Waals surface area contributed by atoms with E-state index in [1.54, 1.807) is 28.0 Å². The van der Waals surface area contributed by atoms with Crippen LogP contribution in [0.25, 0.3) is 5.82 Å². The van der Waals surface area contributed by atoms with Crippen LogP contribution >= 0.6 is 0 Å². The standard InChI is InChI=1S/C19H18F3N7O2/c20-19(21,22)31-15-4-2-14(3-5-15)24-18(30)28-12-10-27(11-13-28)16-6-7-17(26-25-16)29-9-1-8-23-29/h1-9H,10-13H2,(H,24,30). The number of aromatic nitrogens is 4. The van der Waals surface area contributed by atoms with E-state index in [2.05, 4.69) is 25.3 Å². The molecule has 0 spiro atoms. The predicted molar refractivity (Wildman–Crippen MR) is 105 cm³/mol. The molecule has 31 heavy (non-hydrogen) atoms. The van der Waals surface area contributed by atoms with Gasteiger partial charge in [-0.15, -0.1) is 23.4 Å². The number of nitrogens with one attached hydrogen (secondary N) is 1. The minimum atomic E-state index is -4.76. The van der Waals surface area contributed by atoms with Crippen molar-refractivity contribution in [1.29, 1.82) is 0 Å². The second kappa shape index (κ2) is 8.50. The van der Waals surface area contributed by atoms with E-state index in [4.69, 9.17) is 0 Å². The number of nitrogens with zero attached hydrogens (tertiary/aromatic N) is 6. The number of piperazine rings is 1. The van der Waals surface area contributed by atoms with Crippen molar-refractivity contribution in [2.75, 3.05) is 36.4 Å². The Morgan fingerprint density at radius 3 is 2.23 bits per heavy atom. The number of carbonyl (C=O) groups is 1. The number of halogens is 3. The van der Waals surface area contributed by atoms with Crippen LogP contribution in [-0.2, 0) is 0 Å². The first-order chi connectivity index (χ1) is 14.9. The molecule has 1 fully saturated rings. The van der Waals surface area contributed by atoms with Gasteiger partial charge in [0, 0.05) is 44.3 Å². The topological polar surface area (TPSA) is 88.4 Å². The van der Waals surface area contributed by atoms with Gasteiger partial charge in [0.15, 0.2) is 11.6 Å². The summed E-state index contributed by atoms with van der Waals surface area (Å²) >= 11 is 0. The molecular weight excluding hydrogens is 415 g/mol. The molecule has 1 aliphatic rings.